The molecule has 0 spiro atoms. The number of carbonyl (C=O) groups excluding carboxylic acids is 1. The number of nitrogens with one attached hydrogen (secondary N) is 1. The number of hydrogen-bond acceptors (Lipinski definition) is 4. The van der Waals surface area contributed by atoms with Gasteiger partial charge in [-0.25, -0.2) is 4.39 Å². The van der Waals surface area contributed by atoms with Crippen LogP contribution in [0.3, 0.4) is 0 Å². The van der Waals surface area contributed by atoms with Crippen LogP contribution in [0.15, 0.2) is 34.3 Å². The molecule has 128 valence electrons. The fraction of sp³-hybridized carbons (Fsp3) is 0.389. The average Bonchev–Trinajstić information content (AvgIpc) is 2.95. The van der Waals surface area contributed by atoms with Crippen LogP contribution in [-0.4, -0.2) is 16.1 Å². The first-order chi connectivity index (χ1) is 11.4. The van der Waals surface area contributed by atoms with E-state index in [2.05, 4.69) is 15.5 Å². The number of rotatable bonds is 6. The molecule has 1 aromatic heterocycles. The molecule has 2 rings (SSSR count). The third kappa shape index (κ3) is 4.75. The largest absolute Gasteiger partial charge is 0.423 e. The summed E-state index contributed by atoms with van der Waals surface area (Å²) >= 11 is 0. The minimum Gasteiger partial charge on any atom is -0.423 e. The lowest BCUT2D eigenvalue weighted by molar-refractivity contribution is -0.118. The predicted octanol–water partition coefficient (Wildman–Crippen LogP) is 3.82. The minimum absolute atomic E-state index is 0.292. The van der Waals surface area contributed by atoms with Crippen LogP contribution in [0.2, 0.25) is 0 Å². The molecule has 0 fully saturated rings. The normalized spacial score (nSPS) is 13.2. The number of nitrogens with zero attached hydrogens (tertiary/aromatic N) is 2. The zero-order chi connectivity index (χ0) is 17.7. The van der Waals surface area contributed by atoms with Gasteiger partial charge >= 0.3 is 0 Å². The summed E-state index contributed by atoms with van der Waals surface area (Å²) in [6, 6.07) is 5.95. The van der Waals surface area contributed by atoms with Crippen molar-refractivity contribution in [3.8, 4) is 0 Å². The van der Waals surface area contributed by atoms with E-state index in [-0.39, 0.29) is 17.8 Å². The number of halogens is 1. The zero-order valence-corrected chi connectivity index (χ0v) is 14.3. The Bertz CT molecular complexity index is 737. The predicted molar refractivity (Wildman–Crippen MR) is 89.4 cm³/mol. The molecule has 6 heteroatoms. The van der Waals surface area contributed by atoms with E-state index in [0.29, 0.717) is 35.3 Å². The molecule has 0 bridgehead atoms. The Morgan fingerprint density at radius 1 is 1.33 bits per heavy atom. The number of hydrogen-bond donors (Lipinski definition) is 1. The van der Waals surface area contributed by atoms with Gasteiger partial charge in [-0.3, -0.25) is 4.79 Å². The van der Waals surface area contributed by atoms with Crippen molar-refractivity contribution in [3.05, 3.63) is 53.0 Å². The summed E-state index contributed by atoms with van der Waals surface area (Å²) in [5.74, 6) is 0.508. The lowest BCUT2D eigenvalue weighted by atomic mass is 10.0. The third-order valence-corrected chi connectivity index (χ3v) is 3.49. The van der Waals surface area contributed by atoms with Crippen molar-refractivity contribution >= 4 is 12.0 Å². The van der Waals surface area contributed by atoms with E-state index < -0.39 is 0 Å². The molecule has 0 saturated heterocycles. The SMILES string of the molecule is C/C(=C\c1ccccc1F)C(=O)NC(CC(C)C)c1nnc(C)o1. The number of benzene rings is 1. The van der Waals surface area contributed by atoms with Crippen LogP contribution in [0.1, 0.15) is 50.6 Å². The Kier molecular flexibility index (Phi) is 5.84. The van der Waals surface area contributed by atoms with Crippen molar-refractivity contribution in [2.45, 2.75) is 40.2 Å². The van der Waals surface area contributed by atoms with Gasteiger partial charge in [0, 0.05) is 18.1 Å². The second-order valence-corrected chi connectivity index (χ2v) is 6.16. The van der Waals surface area contributed by atoms with Crippen LogP contribution in [0.5, 0.6) is 0 Å². The Morgan fingerprint density at radius 2 is 2.04 bits per heavy atom. The summed E-state index contributed by atoms with van der Waals surface area (Å²) in [4.78, 5) is 12.4. The molecule has 1 unspecified atom stereocenters. The fourth-order valence-electron chi connectivity index (χ4n) is 2.31. The van der Waals surface area contributed by atoms with Crippen molar-refractivity contribution in [1.82, 2.24) is 15.5 Å². The third-order valence-electron chi connectivity index (χ3n) is 3.49. The first-order valence-corrected chi connectivity index (χ1v) is 7.90. The number of amides is 1. The van der Waals surface area contributed by atoms with E-state index in [1.807, 2.05) is 13.8 Å². The van der Waals surface area contributed by atoms with Gasteiger partial charge in [0.2, 0.25) is 17.7 Å². The fourth-order valence-corrected chi connectivity index (χ4v) is 2.31. The van der Waals surface area contributed by atoms with Crippen molar-refractivity contribution in [2.24, 2.45) is 5.92 Å². The molecule has 0 radical (unpaired) electrons. The van der Waals surface area contributed by atoms with Gasteiger partial charge in [-0.05, 0) is 31.4 Å². The van der Waals surface area contributed by atoms with Gasteiger partial charge in [-0.15, -0.1) is 10.2 Å². The highest BCUT2D eigenvalue weighted by molar-refractivity contribution is 5.97. The van der Waals surface area contributed by atoms with Gasteiger partial charge in [0.05, 0.1) is 0 Å². The molecule has 2 aromatic rings. The second kappa shape index (κ2) is 7.86. The number of carbonyl (C=O) groups is 1. The lowest BCUT2D eigenvalue weighted by Gasteiger charge is -2.17. The van der Waals surface area contributed by atoms with Gasteiger partial charge in [0.15, 0.2) is 0 Å². The van der Waals surface area contributed by atoms with Crippen molar-refractivity contribution in [2.75, 3.05) is 0 Å². The molecule has 0 saturated carbocycles. The smallest absolute Gasteiger partial charge is 0.247 e. The minimum atomic E-state index is -0.373. The van der Waals surface area contributed by atoms with Crippen molar-refractivity contribution < 1.29 is 13.6 Å². The maximum absolute atomic E-state index is 13.7. The lowest BCUT2D eigenvalue weighted by Crippen LogP contribution is -2.30. The Labute approximate surface area is 141 Å². The number of aromatic nitrogens is 2. The Balaban J connectivity index is 2.16. The first-order valence-electron chi connectivity index (χ1n) is 7.90. The molecule has 1 atom stereocenters. The van der Waals surface area contributed by atoms with Crippen LogP contribution < -0.4 is 5.32 Å². The van der Waals surface area contributed by atoms with Crippen LogP contribution in [0, 0.1) is 18.7 Å². The summed E-state index contributed by atoms with van der Waals surface area (Å²) in [7, 11) is 0. The van der Waals surface area contributed by atoms with E-state index in [4.69, 9.17) is 4.42 Å². The molecular weight excluding hydrogens is 309 g/mol. The second-order valence-electron chi connectivity index (χ2n) is 6.16. The molecule has 0 aliphatic heterocycles. The summed E-state index contributed by atoms with van der Waals surface area (Å²) in [6.45, 7) is 7.44. The van der Waals surface area contributed by atoms with E-state index in [1.54, 1.807) is 32.0 Å². The molecule has 5 nitrogen and oxygen atoms in total. The maximum Gasteiger partial charge on any atom is 0.247 e. The summed E-state index contributed by atoms with van der Waals surface area (Å²) in [5.41, 5.74) is 0.782. The highest BCUT2D eigenvalue weighted by Crippen LogP contribution is 2.21. The summed E-state index contributed by atoms with van der Waals surface area (Å²) in [6.07, 6.45) is 2.19. The first kappa shape index (κ1) is 17.8. The standard InChI is InChI=1S/C18H22FN3O2/c1-11(2)9-16(18-22-21-13(4)24-18)20-17(23)12(3)10-14-7-5-6-8-15(14)19/h5-8,10-11,16H,9H2,1-4H3,(H,20,23)/b12-10+. The Hall–Kier alpha value is -2.50. The average molecular weight is 331 g/mol. The molecule has 0 aliphatic rings. The molecule has 1 heterocycles. The maximum atomic E-state index is 13.7. The van der Waals surface area contributed by atoms with Crippen LogP contribution >= 0.6 is 0 Å². The molecule has 24 heavy (non-hydrogen) atoms. The monoisotopic (exact) mass is 331 g/mol. The molecule has 0 aliphatic carbocycles. The van der Waals surface area contributed by atoms with E-state index >= 15 is 0 Å². The quantitative estimate of drug-likeness (QED) is 0.817. The van der Waals surface area contributed by atoms with Crippen molar-refractivity contribution in [3.63, 3.8) is 0 Å². The number of aryl methyl sites for hydroxylation is 1. The molecular formula is C18H22FN3O2. The Morgan fingerprint density at radius 3 is 2.62 bits per heavy atom. The van der Waals surface area contributed by atoms with Crippen LogP contribution in [-0.2, 0) is 4.79 Å². The topological polar surface area (TPSA) is 68.0 Å². The van der Waals surface area contributed by atoms with Gasteiger partial charge < -0.3 is 9.73 Å². The van der Waals surface area contributed by atoms with Crippen LogP contribution in [0.25, 0.3) is 6.08 Å². The summed E-state index contributed by atoms with van der Waals surface area (Å²) in [5, 5.41) is 10.7. The van der Waals surface area contributed by atoms with Crippen LogP contribution in [0.4, 0.5) is 4.39 Å². The van der Waals surface area contributed by atoms with E-state index in [0.717, 1.165) is 0 Å². The highest BCUT2D eigenvalue weighted by atomic mass is 19.1. The highest BCUT2D eigenvalue weighted by Gasteiger charge is 2.22. The molecule has 1 N–H and O–H groups in total. The van der Waals surface area contributed by atoms with E-state index in [9.17, 15) is 9.18 Å². The van der Waals surface area contributed by atoms with Crippen molar-refractivity contribution in [1.29, 1.82) is 0 Å². The van der Waals surface area contributed by atoms with Gasteiger partial charge in [-0.1, -0.05) is 32.0 Å². The van der Waals surface area contributed by atoms with Gasteiger partial charge in [-0.2, -0.15) is 0 Å². The van der Waals surface area contributed by atoms with E-state index in [1.165, 1.54) is 12.1 Å². The summed E-state index contributed by atoms with van der Waals surface area (Å²) < 4.78 is 19.2. The molecule has 1 aromatic carbocycles. The molecule has 1 amide bonds. The van der Waals surface area contributed by atoms with Gasteiger partial charge in [0.25, 0.3) is 0 Å². The van der Waals surface area contributed by atoms with Gasteiger partial charge in [0.1, 0.15) is 11.9 Å². The zero-order valence-electron chi connectivity index (χ0n) is 14.3.